The number of carbonyl (C=O) groups excluding carboxylic acids is 1. The van der Waals surface area contributed by atoms with Gasteiger partial charge in [0.25, 0.3) is 5.91 Å². The Labute approximate surface area is 103 Å². The predicted molar refractivity (Wildman–Crippen MR) is 66.7 cm³/mol. The first-order valence-electron chi connectivity index (χ1n) is 5.59. The lowest BCUT2D eigenvalue weighted by Crippen LogP contribution is -2.11. The summed E-state index contributed by atoms with van der Waals surface area (Å²) in [4.78, 5) is 17.4. The van der Waals surface area contributed by atoms with Crippen LogP contribution < -0.4 is 5.73 Å². The van der Waals surface area contributed by atoms with E-state index in [9.17, 15) is 4.79 Å². The number of primary amides is 1. The molecule has 0 radical (unpaired) electrons. The number of aryl methyl sites for hydroxylation is 1. The summed E-state index contributed by atoms with van der Waals surface area (Å²) in [7, 11) is 0. The van der Waals surface area contributed by atoms with Crippen LogP contribution in [-0.2, 0) is 0 Å². The highest BCUT2D eigenvalue weighted by Gasteiger charge is 2.26. The summed E-state index contributed by atoms with van der Waals surface area (Å²) in [6.45, 7) is 1.97. The minimum atomic E-state index is -0.375. The van der Waals surface area contributed by atoms with Gasteiger partial charge in [0, 0.05) is 17.0 Å². The van der Waals surface area contributed by atoms with E-state index in [1.165, 1.54) is 24.2 Å². The van der Waals surface area contributed by atoms with Crippen LogP contribution in [0.4, 0.5) is 0 Å². The molecule has 1 amide bonds. The molecule has 0 aliphatic heterocycles. The van der Waals surface area contributed by atoms with Crippen LogP contribution in [0.15, 0.2) is 18.6 Å². The summed E-state index contributed by atoms with van der Waals surface area (Å²) >= 11 is 1.43. The van der Waals surface area contributed by atoms with Crippen molar-refractivity contribution < 1.29 is 4.79 Å². The molecule has 2 heterocycles. The standard InChI is InChI=1S/C12H13N3OS/c1-7-4-10(11(17-7)12(13)16)15-5-9(14-6-15)8-2-3-8/h4-6,8H,2-3H2,1H3,(H2,13,16). The second-order valence-corrected chi connectivity index (χ2v) is 5.67. The minimum Gasteiger partial charge on any atom is -0.365 e. The van der Waals surface area contributed by atoms with E-state index in [4.69, 9.17) is 5.73 Å². The smallest absolute Gasteiger partial charge is 0.260 e. The second kappa shape index (κ2) is 3.70. The first-order chi connectivity index (χ1) is 8.15. The highest BCUT2D eigenvalue weighted by Crippen LogP contribution is 2.39. The predicted octanol–water partition coefficient (Wildman–Crippen LogP) is 2.22. The van der Waals surface area contributed by atoms with Crippen molar-refractivity contribution in [2.75, 3.05) is 0 Å². The highest BCUT2D eigenvalue weighted by molar-refractivity contribution is 7.14. The van der Waals surface area contributed by atoms with Gasteiger partial charge >= 0.3 is 0 Å². The number of imidazole rings is 1. The van der Waals surface area contributed by atoms with Gasteiger partial charge in [0.05, 0.1) is 17.7 Å². The molecule has 0 aromatic carbocycles. The maximum atomic E-state index is 11.4. The SMILES string of the molecule is Cc1cc(-n2cnc(C3CC3)c2)c(C(N)=O)s1. The van der Waals surface area contributed by atoms with E-state index in [1.54, 1.807) is 6.33 Å². The molecule has 3 rings (SSSR count). The molecule has 0 unspecified atom stereocenters. The van der Waals surface area contributed by atoms with E-state index in [2.05, 4.69) is 4.98 Å². The molecule has 1 aliphatic carbocycles. The summed E-state index contributed by atoms with van der Waals surface area (Å²) in [6, 6.07) is 1.98. The van der Waals surface area contributed by atoms with Crippen LogP contribution in [0, 0.1) is 6.92 Å². The molecular formula is C12H13N3OS. The van der Waals surface area contributed by atoms with E-state index in [0.29, 0.717) is 10.8 Å². The number of hydrogen-bond donors (Lipinski definition) is 1. The Hall–Kier alpha value is -1.62. The van der Waals surface area contributed by atoms with Crippen molar-refractivity contribution in [1.29, 1.82) is 0 Å². The number of carbonyl (C=O) groups is 1. The van der Waals surface area contributed by atoms with Crippen LogP contribution in [0.1, 0.15) is 39.0 Å². The molecule has 0 spiro atoms. The van der Waals surface area contributed by atoms with E-state index in [1.807, 2.05) is 23.8 Å². The van der Waals surface area contributed by atoms with Crippen LogP contribution >= 0.6 is 11.3 Å². The van der Waals surface area contributed by atoms with Crippen molar-refractivity contribution in [1.82, 2.24) is 9.55 Å². The zero-order valence-corrected chi connectivity index (χ0v) is 10.3. The summed E-state index contributed by atoms with van der Waals surface area (Å²) < 4.78 is 1.90. The van der Waals surface area contributed by atoms with Crippen molar-refractivity contribution in [2.24, 2.45) is 5.73 Å². The molecule has 5 heteroatoms. The molecule has 1 fully saturated rings. The van der Waals surface area contributed by atoms with Gasteiger partial charge in [0.2, 0.25) is 0 Å². The van der Waals surface area contributed by atoms with Gasteiger partial charge < -0.3 is 10.3 Å². The lowest BCUT2D eigenvalue weighted by molar-refractivity contribution is 0.100. The fourth-order valence-corrected chi connectivity index (χ4v) is 2.79. The Bertz CT molecular complexity index is 580. The minimum absolute atomic E-state index is 0.375. The monoisotopic (exact) mass is 247 g/mol. The van der Waals surface area contributed by atoms with E-state index in [-0.39, 0.29) is 5.91 Å². The normalized spacial score (nSPS) is 15.1. The molecule has 2 aromatic heterocycles. The first-order valence-corrected chi connectivity index (χ1v) is 6.41. The number of thiophene rings is 1. The Kier molecular flexibility index (Phi) is 2.29. The van der Waals surface area contributed by atoms with Gasteiger partial charge in [-0.2, -0.15) is 0 Å². The second-order valence-electron chi connectivity index (χ2n) is 4.42. The van der Waals surface area contributed by atoms with Crippen LogP contribution in [0.5, 0.6) is 0 Å². The van der Waals surface area contributed by atoms with Gasteiger partial charge in [-0.3, -0.25) is 4.79 Å². The van der Waals surface area contributed by atoms with Crippen molar-refractivity contribution in [3.05, 3.63) is 34.0 Å². The van der Waals surface area contributed by atoms with Gasteiger partial charge in [-0.1, -0.05) is 0 Å². The summed E-state index contributed by atoms with van der Waals surface area (Å²) in [5.41, 5.74) is 7.34. The molecule has 88 valence electrons. The quantitative estimate of drug-likeness (QED) is 0.904. The lowest BCUT2D eigenvalue weighted by atomic mass is 10.3. The van der Waals surface area contributed by atoms with E-state index in [0.717, 1.165) is 16.3 Å². The third-order valence-electron chi connectivity index (χ3n) is 2.94. The Morgan fingerprint density at radius 3 is 3.00 bits per heavy atom. The average molecular weight is 247 g/mol. The van der Waals surface area contributed by atoms with Crippen LogP contribution in [0.25, 0.3) is 5.69 Å². The fourth-order valence-electron chi connectivity index (χ4n) is 1.93. The molecule has 0 atom stereocenters. The van der Waals surface area contributed by atoms with Gasteiger partial charge in [-0.05, 0) is 25.8 Å². The number of hydrogen-bond acceptors (Lipinski definition) is 3. The fraction of sp³-hybridized carbons (Fsp3) is 0.333. The molecule has 0 bridgehead atoms. The largest absolute Gasteiger partial charge is 0.365 e. The maximum Gasteiger partial charge on any atom is 0.260 e. The number of nitrogens with two attached hydrogens (primary N) is 1. The third-order valence-corrected chi connectivity index (χ3v) is 3.99. The Balaban J connectivity index is 2.03. The van der Waals surface area contributed by atoms with Gasteiger partial charge in [0.15, 0.2) is 0 Å². The zero-order chi connectivity index (χ0) is 12.0. The van der Waals surface area contributed by atoms with Crippen LogP contribution in [0.3, 0.4) is 0 Å². The molecule has 2 N–H and O–H groups in total. The Morgan fingerprint density at radius 2 is 2.35 bits per heavy atom. The molecule has 1 saturated carbocycles. The average Bonchev–Trinajstić information content (AvgIpc) is 2.88. The summed E-state index contributed by atoms with van der Waals surface area (Å²) in [5.74, 6) is 0.243. The third kappa shape index (κ3) is 1.86. The Morgan fingerprint density at radius 1 is 1.59 bits per heavy atom. The highest BCUT2D eigenvalue weighted by atomic mass is 32.1. The van der Waals surface area contributed by atoms with Crippen molar-refractivity contribution in [2.45, 2.75) is 25.7 Å². The lowest BCUT2D eigenvalue weighted by Gasteiger charge is -2.00. The maximum absolute atomic E-state index is 11.4. The van der Waals surface area contributed by atoms with Crippen molar-refractivity contribution >= 4 is 17.2 Å². The van der Waals surface area contributed by atoms with Crippen LogP contribution in [0.2, 0.25) is 0 Å². The van der Waals surface area contributed by atoms with Crippen LogP contribution in [-0.4, -0.2) is 15.5 Å². The summed E-state index contributed by atoms with van der Waals surface area (Å²) in [5, 5.41) is 0. The molecule has 0 saturated heterocycles. The molecule has 2 aromatic rings. The molecule has 17 heavy (non-hydrogen) atoms. The van der Waals surface area contributed by atoms with Gasteiger partial charge in [0.1, 0.15) is 4.88 Å². The topological polar surface area (TPSA) is 60.9 Å². The van der Waals surface area contributed by atoms with E-state index < -0.39 is 0 Å². The van der Waals surface area contributed by atoms with Gasteiger partial charge in [-0.25, -0.2) is 4.98 Å². The van der Waals surface area contributed by atoms with Gasteiger partial charge in [-0.15, -0.1) is 11.3 Å². The molecule has 4 nitrogen and oxygen atoms in total. The number of amides is 1. The summed E-state index contributed by atoms with van der Waals surface area (Å²) in [6.07, 6.45) is 6.22. The van der Waals surface area contributed by atoms with Crippen molar-refractivity contribution in [3.63, 3.8) is 0 Å². The van der Waals surface area contributed by atoms with Crippen molar-refractivity contribution in [3.8, 4) is 5.69 Å². The first kappa shape index (κ1) is 10.5. The number of rotatable bonds is 3. The molecular weight excluding hydrogens is 234 g/mol. The number of nitrogens with zero attached hydrogens (tertiary/aromatic N) is 2. The number of aromatic nitrogens is 2. The molecule has 1 aliphatic rings. The zero-order valence-electron chi connectivity index (χ0n) is 9.51. The van der Waals surface area contributed by atoms with E-state index >= 15 is 0 Å².